The molecular weight excluding hydrogens is 524 g/mol. The number of nitrogens with one attached hydrogen (secondary N) is 1. The lowest BCUT2D eigenvalue weighted by atomic mass is 10.1. The van der Waals surface area contributed by atoms with Crippen LogP contribution in [0.4, 0.5) is 11.4 Å². The Morgan fingerprint density at radius 1 is 1.06 bits per heavy atom. The van der Waals surface area contributed by atoms with Crippen molar-refractivity contribution in [2.75, 3.05) is 35.6 Å². The number of carbonyl (C=O) groups is 2. The van der Waals surface area contributed by atoms with E-state index in [0.29, 0.717) is 22.7 Å². The van der Waals surface area contributed by atoms with E-state index in [0.717, 1.165) is 4.90 Å². The smallest absolute Gasteiger partial charge is 0.338 e. The number of hydrogen-bond acceptors (Lipinski definition) is 7. The van der Waals surface area contributed by atoms with Gasteiger partial charge in [-0.15, -0.1) is 11.8 Å². The number of esters is 1. The number of halogens is 1. The summed E-state index contributed by atoms with van der Waals surface area (Å²) in [5.41, 5.74) is 1.54. The molecule has 1 aliphatic heterocycles. The molecule has 3 aromatic rings. The van der Waals surface area contributed by atoms with Crippen LogP contribution in [0.5, 0.6) is 5.75 Å². The van der Waals surface area contributed by atoms with E-state index in [1.165, 1.54) is 35.3 Å². The number of carbonyl (C=O) groups excluding carboxylic acids is 2. The molecule has 0 bridgehead atoms. The minimum Gasteiger partial charge on any atom is -0.495 e. The van der Waals surface area contributed by atoms with Crippen molar-refractivity contribution in [1.82, 2.24) is 0 Å². The first kappa shape index (κ1) is 25.9. The molecule has 1 amide bonds. The van der Waals surface area contributed by atoms with E-state index in [-0.39, 0.29) is 34.4 Å². The summed E-state index contributed by atoms with van der Waals surface area (Å²) in [7, 11) is -2.63. The molecule has 8 nitrogen and oxygen atoms in total. The molecule has 1 heterocycles. The van der Waals surface area contributed by atoms with E-state index in [4.69, 9.17) is 21.1 Å². The van der Waals surface area contributed by atoms with Crippen LogP contribution in [0.15, 0.2) is 70.5 Å². The first-order chi connectivity index (χ1) is 17.2. The third-order valence-electron chi connectivity index (χ3n) is 5.39. The monoisotopic (exact) mass is 546 g/mol. The highest BCUT2D eigenvalue weighted by atomic mass is 35.5. The number of ether oxygens (including phenoxy) is 2. The lowest BCUT2D eigenvalue weighted by molar-refractivity contribution is 0.0526. The molecule has 0 aromatic heterocycles. The Hall–Kier alpha value is -3.21. The summed E-state index contributed by atoms with van der Waals surface area (Å²) >= 11 is 7.59. The first-order valence-electron chi connectivity index (χ1n) is 11.0. The number of methoxy groups -OCH3 is 1. The van der Waals surface area contributed by atoms with Gasteiger partial charge in [0.15, 0.2) is 0 Å². The third kappa shape index (κ3) is 5.30. The number of sulfonamides is 1. The van der Waals surface area contributed by atoms with Gasteiger partial charge in [-0.05, 0) is 67.6 Å². The fourth-order valence-electron chi connectivity index (χ4n) is 3.66. The first-order valence-corrected chi connectivity index (χ1v) is 13.8. The van der Waals surface area contributed by atoms with Gasteiger partial charge in [-0.25, -0.2) is 13.2 Å². The number of fused-ring (bicyclic) bond motifs is 1. The number of benzene rings is 3. The normalized spacial score (nSPS) is 13.0. The zero-order chi connectivity index (χ0) is 25.9. The molecule has 0 fully saturated rings. The van der Waals surface area contributed by atoms with E-state index < -0.39 is 21.9 Å². The number of nitrogens with zero attached hydrogens (tertiary/aromatic N) is 1. The van der Waals surface area contributed by atoms with Crippen LogP contribution in [0.3, 0.4) is 0 Å². The topological polar surface area (TPSA) is 102 Å². The fourth-order valence-corrected chi connectivity index (χ4v) is 6.71. The average Bonchev–Trinajstić information content (AvgIpc) is 2.88. The quantitative estimate of drug-likeness (QED) is 0.412. The van der Waals surface area contributed by atoms with E-state index >= 15 is 0 Å². The number of rotatable bonds is 7. The molecule has 1 N–H and O–H groups in total. The zero-order valence-electron chi connectivity index (χ0n) is 19.5. The van der Waals surface area contributed by atoms with Gasteiger partial charge in [-0.2, -0.15) is 0 Å². The summed E-state index contributed by atoms with van der Waals surface area (Å²) in [6, 6.07) is 15.7. The van der Waals surface area contributed by atoms with Crippen molar-refractivity contribution in [3.8, 4) is 5.75 Å². The van der Waals surface area contributed by atoms with Crippen molar-refractivity contribution in [2.24, 2.45) is 0 Å². The second-order valence-electron chi connectivity index (χ2n) is 7.66. The SMILES string of the molecule is CCOC(=O)c1ccc(NC(=O)c2ccc3c(c2)N(S(=O)(=O)c2cc(Cl)ccc2OC)CCS3)cc1. The summed E-state index contributed by atoms with van der Waals surface area (Å²) < 4.78 is 38.8. The number of thioether (sulfide) groups is 1. The lowest BCUT2D eigenvalue weighted by Gasteiger charge is -2.31. The molecule has 0 unspecified atom stereocenters. The van der Waals surface area contributed by atoms with E-state index in [9.17, 15) is 18.0 Å². The number of hydrogen-bond donors (Lipinski definition) is 1. The van der Waals surface area contributed by atoms with Gasteiger partial charge in [0.2, 0.25) is 0 Å². The standard InChI is InChI=1S/C25H23ClN2O6S2/c1-3-34-25(30)16-4-8-19(9-5-16)27-24(29)17-6-11-22-20(14-17)28(12-13-35-22)36(31,32)23-15-18(26)7-10-21(23)33-2/h4-11,14-15H,3,12-13H2,1-2H3,(H,27,29). The van der Waals surface area contributed by atoms with Gasteiger partial charge < -0.3 is 14.8 Å². The van der Waals surface area contributed by atoms with Crippen molar-refractivity contribution in [2.45, 2.75) is 16.7 Å². The molecule has 0 aliphatic carbocycles. The fraction of sp³-hybridized carbons (Fsp3) is 0.200. The Morgan fingerprint density at radius 2 is 1.78 bits per heavy atom. The molecule has 0 atom stereocenters. The van der Waals surface area contributed by atoms with Crippen LogP contribution in [0.2, 0.25) is 5.02 Å². The zero-order valence-corrected chi connectivity index (χ0v) is 21.9. The Kier molecular flexibility index (Phi) is 7.77. The van der Waals surface area contributed by atoms with Gasteiger partial charge in [0.1, 0.15) is 10.6 Å². The second kappa shape index (κ2) is 10.8. The molecule has 188 valence electrons. The second-order valence-corrected chi connectivity index (χ2v) is 11.1. The summed E-state index contributed by atoms with van der Waals surface area (Å²) in [5.74, 6) is -0.137. The minimum absolute atomic E-state index is 0.0492. The van der Waals surface area contributed by atoms with Crippen LogP contribution in [0.1, 0.15) is 27.6 Å². The van der Waals surface area contributed by atoms with Crippen LogP contribution >= 0.6 is 23.4 Å². The summed E-state index contributed by atoms with van der Waals surface area (Å²) in [5, 5.41) is 3.04. The van der Waals surface area contributed by atoms with Gasteiger partial charge in [-0.3, -0.25) is 9.10 Å². The Balaban J connectivity index is 1.62. The average molecular weight is 547 g/mol. The number of anilines is 2. The summed E-state index contributed by atoms with van der Waals surface area (Å²) in [6.45, 7) is 2.21. The van der Waals surface area contributed by atoms with Crippen LogP contribution in [0, 0.1) is 0 Å². The van der Waals surface area contributed by atoms with Crippen LogP contribution in [0.25, 0.3) is 0 Å². The highest BCUT2D eigenvalue weighted by molar-refractivity contribution is 8.00. The molecule has 0 spiro atoms. The maximum Gasteiger partial charge on any atom is 0.338 e. The summed E-state index contributed by atoms with van der Waals surface area (Å²) in [4.78, 5) is 25.5. The van der Waals surface area contributed by atoms with Crippen LogP contribution in [-0.4, -0.2) is 46.3 Å². The van der Waals surface area contributed by atoms with Crippen LogP contribution < -0.4 is 14.4 Å². The van der Waals surface area contributed by atoms with Gasteiger partial charge >= 0.3 is 5.97 Å². The van der Waals surface area contributed by atoms with Gasteiger partial charge in [0, 0.05) is 33.5 Å². The highest BCUT2D eigenvalue weighted by Gasteiger charge is 2.32. The van der Waals surface area contributed by atoms with E-state index in [1.54, 1.807) is 55.5 Å². The molecule has 11 heteroatoms. The van der Waals surface area contributed by atoms with Gasteiger partial charge in [-0.1, -0.05) is 11.6 Å². The minimum atomic E-state index is -4.02. The molecule has 3 aromatic carbocycles. The van der Waals surface area contributed by atoms with E-state index in [1.807, 2.05) is 0 Å². The van der Waals surface area contributed by atoms with E-state index in [2.05, 4.69) is 5.32 Å². The van der Waals surface area contributed by atoms with Crippen LogP contribution in [-0.2, 0) is 14.8 Å². The van der Waals surface area contributed by atoms with Crippen molar-refractivity contribution >= 4 is 56.6 Å². The predicted molar refractivity (Wildman–Crippen MR) is 140 cm³/mol. The predicted octanol–water partition coefficient (Wildman–Crippen LogP) is 5.08. The van der Waals surface area contributed by atoms with Crippen molar-refractivity contribution in [3.05, 3.63) is 76.8 Å². The van der Waals surface area contributed by atoms with Gasteiger partial charge in [0.25, 0.3) is 15.9 Å². The van der Waals surface area contributed by atoms with Crippen molar-refractivity contribution in [1.29, 1.82) is 0 Å². The molecule has 0 saturated heterocycles. The maximum atomic E-state index is 13.6. The Morgan fingerprint density at radius 3 is 2.47 bits per heavy atom. The van der Waals surface area contributed by atoms with Crippen molar-refractivity contribution < 1.29 is 27.5 Å². The van der Waals surface area contributed by atoms with Gasteiger partial charge in [0.05, 0.1) is 25.0 Å². The Labute approximate surface area is 218 Å². The highest BCUT2D eigenvalue weighted by Crippen LogP contribution is 2.40. The molecular formula is C25H23ClN2O6S2. The molecule has 0 saturated carbocycles. The molecule has 1 aliphatic rings. The van der Waals surface area contributed by atoms with Crippen molar-refractivity contribution in [3.63, 3.8) is 0 Å². The summed E-state index contributed by atoms with van der Waals surface area (Å²) in [6.07, 6.45) is 0. The number of amides is 1. The maximum absolute atomic E-state index is 13.6. The molecule has 36 heavy (non-hydrogen) atoms. The third-order valence-corrected chi connectivity index (χ3v) is 8.50. The Bertz CT molecular complexity index is 1410. The lowest BCUT2D eigenvalue weighted by Crippen LogP contribution is -2.36. The molecule has 0 radical (unpaired) electrons. The molecule has 4 rings (SSSR count). The largest absolute Gasteiger partial charge is 0.495 e.